The molecule has 1 aromatic carbocycles. The van der Waals surface area contributed by atoms with Gasteiger partial charge in [0, 0.05) is 19.1 Å². The molecule has 0 radical (unpaired) electrons. The summed E-state index contributed by atoms with van der Waals surface area (Å²) in [6.45, 7) is 0.536. The molecule has 0 spiro atoms. The van der Waals surface area contributed by atoms with Gasteiger partial charge in [-0.05, 0) is 12.1 Å². The van der Waals surface area contributed by atoms with Gasteiger partial charge in [-0.15, -0.1) is 0 Å². The molecule has 1 atom stereocenters. The van der Waals surface area contributed by atoms with E-state index in [-0.39, 0.29) is 11.4 Å². The van der Waals surface area contributed by atoms with E-state index in [9.17, 15) is 24.5 Å². The Hall–Kier alpha value is -3.17. The van der Waals surface area contributed by atoms with Crippen LogP contribution in [0.2, 0.25) is 0 Å². The van der Waals surface area contributed by atoms with E-state index in [1.807, 2.05) is 5.32 Å². The predicted octanol–water partition coefficient (Wildman–Crippen LogP) is 0.700. The lowest BCUT2D eigenvalue weighted by Gasteiger charge is -2.14. The highest BCUT2D eigenvalue weighted by Gasteiger charge is 2.22. The second-order valence-corrected chi connectivity index (χ2v) is 3.98. The first-order valence-electron chi connectivity index (χ1n) is 5.88. The van der Waals surface area contributed by atoms with Crippen LogP contribution in [0, 0.1) is 10.1 Å². The molecule has 1 aromatic rings. The van der Waals surface area contributed by atoms with Crippen molar-refractivity contribution in [2.45, 2.75) is 13.0 Å². The van der Waals surface area contributed by atoms with E-state index in [0.29, 0.717) is 0 Å². The highest BCUT2D eigenvalue weighted by Crippen LogP contribution is 2.17. The van der Waals surface area contributed by atoms with Crippen molar-refractivity contribution >= 4 is 23.7 Å². The Morgan fingerprint density at radius 2 is 1.91 bits per heavy atom. The van der Waals surface area contributed by atoms with Crippen molar-refractivity contribution in [1.82, 2.24) is 5.32 Å². The minimum absolute atomic E-state index is 0.0141. The van der Waals surface area contributed by atoms with Crippen molar-refractivity contribution in [1.29, 1.82) is 0 Å². The van der Waals surface area contributed by atoms with Crippen molar-refractivity contribution in [2.75, 3.05) is 6.61 Å². The number of amides is 1. The Morgan fingerprint density at radius 1 is 1.32 bits per heavy atom. The molecule has 0 aromatic heterocycles. The second kappa shape index (κ2) is 7.57. The minimum Gasteiger partial charge on any atom is -0.480 e. The molecule has 0 bridgehead atoms. The Labute approximate surface area is 123 Å². The number of carboxylic acids is 1. The number of esters is 1. The van der Waals surface area contributed by atoms with E-state index in [1.54, 1.807) is 0 Å². The summed E-state index contributed by atoms with van der Waals surface area (Å²) in [6.07, 6.45) is -1.10. The quantitative estimate of drug-likeness (QED) is 0.443. The lowest BCUT2D eigenvalue weighted by Crippen LogP contribution is -2.45. The number of nitro benzene ring substituents is 1. The monoisotopic (exact) mass is 312 g/mol. The summed E-state index contributed by atoms with van der Waals surface area (Å²) in [6, 6.07) is 3.13. The van der Waals surface area contributed by atoms with E-state index in [4.69, 9.17) is 9.84 Å². The largest absolute Gasteiger partial charge is 0.480 e. The van der Waals surface area contributed by atoms with Gasteiger partial charge >= 0.3 is 18.0 Å². The molecule has 2 N–H and O–H groups in total. The molecule has 0 fully saturated rings. The first-order chi connectivity index (χ1) is 10.3. The maximum Gasteiger partial charge on any atom is 0.413 e. The minimum atomic E-state index is -1.48. The molecule has 0 saturated carbocycles. The Kier molecular flexibility index (Phi) is 5.81. The molecule has 0 saturated heterocycles. The van der Waals surface area contributed by atoms with Crippen LogP contribution in [0.15, 0.2) is 24.3 Å². The summed E-state index contributed by atoms with van der Waals surface area (Å²) in [5.74, 6) is -2.13. The van der Waals surface area contributed by atoms with Gasteiger partial charge in [-0.1, -0.05) is 0 Å². The molecule has 10 heteroatoms. The Morgan fingerprint density at radius 3 is 2.36 bits per heavy atom. The van der Waals surface area contributed by atoms with Crippen LogP contribution in [0.25, 0.3) is 0 Å². The number of hydrogen-bond donors (Lipinski definition) is 2. The summed E-state index contributed by atoms with van der Waals surface area (Å²) in [5, 5.41) is 21.3. The lowest BCUT2D eigenvalue weighted by molar-refractivity contribution is -0.384. The molecule has 0 unspecified atom stereocenters. The third-order valence-corrected chi connectivity index (χ3v) is 2.30. The van der Waals surface area contributed by atoms with Gasteiger partial charge in [0.1, 0.15) is 12.4 Å². The second-order valence-electron chi connectivity index (χ2n) is 3.98. The zero-order valence-corrected chi connectivity index (χ0v) is 11.3. The predicted molar refractivity (Wildman–Crippen MR) is 70.3 cm³/mol. The third kappa shape index (κ3) is 5.45. The number of nitro groups is 1. The molecule has 22 heavy (non-hydrogen) atoms. The lowest BCUT2D eigenvalue weighted by atomic mass is 10.3. The number of nitrogens with one attached hydrogen (secondary N) is 1. The number of carboxylic acid groups (broad SMARTS) is 1. The molecular weight excluding hydrogens is 300 g/mol. The molecule has 0 heterocycles. The van der Waals surface area contributed by atoms with Crippen LogP contribution in [0.1, 0.15) is 6.92 Å². The van der Waals surface area contributed by atoms with Crippen molar-refractivity contribution in [3.8, 4) is 5.75 Å². The number of ether oxygens (including phenoxy) is 2. The standard InChI is InChI=1S/C12H12N2O8/c1-7(15)21-6-10(11(16)17)13-12(18)22-9-4-2-8(3-5-9)14(19)20/h2-5,10H,6H2,1H3,(H,13,18)(H,16,17)/t10-/m0/s1. The number of rotatable bonds is 6. The molecule has 0 aliphatic rings. The van der Waals surface area contributed by atoms with Crippen molar-refractivity contribution in [3.63, 3.8) is 0 Å². The highest BCUT2D eigenvalue weighted by molar-refractivity contribution is 5.81. The van der Waals surface area contributed by atoms with E-state index in [1.165, 1.54) is 12.1 Å². The van der Waals surface area contributed by atoms with Gasteiger partial charge < -0.3 is 19.9 Å². The maximum atomic E-state index is 11.5. The van der Waals surface area contributed by atoms with E-state index in [0.717, 1.165) is 19.1 Å². The van der Waals surface area contributed by atoms with E-state index in [2.05, 4.69) is 4.74 Å². The molecule has 0 aliphatic heterocycles. The summed E-state index contributed by atoms with van der Waals surface area (Å²) >= 11 is 0. The van der Waals surface area contributed by atoms with E-state index < -0.39 is 35.6 Å². The zero-order valence-electron chi connectivity index (χ0n) is 11.3. The van der Waals surface area contributed by atoms with Crippen LogP contribution in [-0.2, 0) is 14.3 Å². The SMILES string of the molecule is CC(=O)OC[C@H](NC(=O)Oc1ccc([N+](=O)[O-])cc1)C(=O)O. The van der Waals surface area contributed by atoms with Gasteiger partial charge in [0.25, 0.3) is 5.69 Å². The van der Waals surface area contributed by atoms with Gasteiger partial charge in [0.2, 0.25) is 0 Å². The summed E-state index contributed by atoms with van der Waals surface area (Å²) < 4.78 is 9.25. The van der Waals surface area contributed by atoms with Crippen molar-refractivity contribution in [3.05, 3.63) is 34.4 Å². The fraction of sp³-hybridized carbons (Fsp3) is 0.250. The van der Waals surface area contributed by atoms with Crippen LogP contribution in [0.3, 0.4) is 0 Å². The average molecular weight is 312 g/mol. The van der Waals surface area contributed by atoms with Gasteiger partial charge in [-0.25, -0.2) is 9.59 Å². The first kappa shape index (κ1) is 16.9. The maximum absolute atomic E-state index is 11.5. The Balaban J connectivity index is 2.61. The van der Waals surface area contributed by atoms with Gasteiger partial charge in [-0.2, -0.15) is 0 Å². The smallest absolute Gasteiger partial charge is 0.413 e. The Bertz CT molecular complexity index is 583. The van der Waals surface area contributed by atoms with Gasteiger partial charge in [0.05, 0.1) is 4.92 Å². The van der Waals surface area contributed by atoms with Crippen LogP contribution < -0.4 is 10.1 Å². The fourth-order valence-corrected chi connectivity index (χ4v) is 1.29. The normalized spacial score (nSPS) is 11.1. The van der Waals surface area contributed by atoms with Gasteiger partial charge in [0.15, 0.2) is 6.04 Å². The molecule has 0 aliphatic carbocycles. The zero-order chi connectivity index (χ0) is 16.7. The fourth-order valence-electron chi connectivity index (χ4n) is 1.29. The number of nitrogens with zero attached hydrogens (tertiary/aromatic N) is 1. The number of aliphatic carboxylic acids is 1. The number of hydrogen-bond acceptors (Lipinski definition) is 7. The van der Waals surface area contributed by atoms with Crippen LogP contribution in [-0.4, -0.2) is 40.7 Å². The molecule has 1 rings (SSSR count). The summed E-state index contributed by atoms with van der Waals surface area (Å²) in [7, 11) is 0. The number of benzene rings is 1. The highest BCUT2D eigenvalue weighted by atomic mass is 16.6. The van der Waals surface area contributed by atoms with Crippen LogP contribution in [0.5, 0.6) is 5.75 Å². The molecular formula is C12H12N2O8. The van der Waals surface area contributed by atoms with Crippen molar-refractivity contribution < 1.29 is 33.9 Å². The molecule has 1 amide bonds. The topological polar surface area (TPSA) is 145 Å². The summed E-state index contributed by atoms with van der Waals surface area (Å²) in [5.41, 5.74) is -0.189. The third-order valence-electron chi connectivity index (χ3n) is 2.30. The van der Waals surface area contributed by atoms with Crippen LogP contribution >= 0.6 is 0 Å². The average Bonchev–Trinajstić information content (AvgIpc) is 2.43. The first-order valence-corrected chi connectivity index (χ1v) is 5.88. The number of non-ortho nitro benzene ring substituents is 1. The van der Waals surface area contributed by atoms with Gasteiger partial charge in [-0.3, -0.25) is 14.9 Å². The van der Waals surface area contributed by atoms with E-state index >= 15 is 0 Å². The number of carbonyl (C=O) groups excluding carboxylic acids is 2. The van der Waals surface area contributed by atoms with Crippen molar-refractivity contribution in [2.24, 2.45) is 0 Å². The molecule has 118 valence electrons. The number of carbonyl (C=O) groups is 3. The van der Waals surface area contributed by atoms with Crippen LogP contribution in [0.4, 0.5) is 10.5 Å². The summed E-state index contributed by atoms with van der Waals surface area (Å²) in [4.78, 5) is 42.9. The molecule has 10 nitrogen and oxygen atoms in total.